The van der Waals surface area contributed by atoms with Gasteiger partial charge in [-0.1, -0.05) is 18.2 Å². The Balaban J connectivity index is 1.49. The largest absolute Gasteiger partial charge is 0.497 e. The summed E-state index contributed by atoms with van der Waals surface area (Å²) in [6.45, 7) is 2.55. The summed E-state index contributed by atoms with van der Waals surface area (Å²) >= 11 is 1.66. The molecule has 0 atom stereocenters. The van der Waals surface area contributed by atoms with Crippen LogP contribution in [0.1, 0.15) is 34.4 Å². The number of ether oxygens (including phenoxy) is 2. The molecular weight excluding hydrogens is 510 g/mol. The number of nitrogens with one attached hydrogen (secondary N) is 1. The molecule has 0 aliphatic carbocycles. The molecule has 0 spiro atoms. The minimum absolute atomic E-state index is 0.0993. The van der Waals surface area contributed by atoms with E-state index in [2.05, 4.69) is 23.3 Å². The molecule has 0 aliphatic rings. The van der Waals surface area contributed by atoms with Crippen LogP contribution < -0.4 is 14.8 Å². The second-order valence-corrected chi connectivity index (χ2v) is 10.4. The first kappa shape index (κ1) is 27.9. The van der Waals surface area contributed by atoms with Crippen LogP contribution in [-0.4, -0.2) is 43.3 Å². The zero-order valence-corrected chi connectivity index (χ0v) is 23.5. The third-order valence-corrected chi connectivity index (χ3v) is 7.61. The van der Waals surface area contributed by atoms with Crippen molar-refractivity contribution in [3.63, 3.8) is 0 Å². The number of aryl methyl sites for hydroxylation is 2. The third-order valence-electron chi connectivity index (χ3n) is 6.44. The Morgan fingerprint density at radius 1 is 1.15 bits per heavy atom. The highest BCUT2D eigenvalue weighted by molar-refractivity contribution is 7.19. The molecule has 8 heteroatoms. The first-order valence-electron chi connectivity index (χ1n) is 12.8. The fraction of sp³-hybridized carbons (Fsp3) is 0.258. The highest BCUT2D eigenvalue weighted by atomic mass is 32.1. The van der Waals surface area contributed by atoms with Crippen molar-refractivity contribution in [1.82, 2.24) is 9.88 Å². The van der Waals surface area contributed by atoms with E-state index >= 15 is 0 Å². The van der Waals surface area contributed by atoms with Crippen LogP contribution in [0.15, 0.2) is 60.8 Å². The molecule has 1 N–H and O–H groups in total. The minimum atomic E-state index is -0.0993. The monoisotopic (exact) mass is 543 g/mol. The summed E-state index contributed by atoms with van der Waals surface area (Å²) in [6.07, 6.45) is 8.04. The molecule has 0 saturated carbocycles. The van der Waals surface area contributed by atoms with Crippen LogP contribution >= 0.6 is 11.3 Å². The zero-order chi connectivity index (χ0) is 27.8. The van der Waals surface area contributed by atoms with Crippen LogP contribution in [-0.2, 0) is 22.6 Å². The average Bonchev–Trinajstić information content (AvgIpc) is 3.27. The first-order valence-corrected chi connectivity index (χ1v) is 13.6. The fourth-order valence-corrected chi connectivity index (χ4v) is 5.47. The predicted octanol–water partition coefficient (Wildman–Crippen LogP) is 6.64. The topological polar surface area (TPSA) is 80.8 Å². The van der Waals surface area contributed by atoms with Gasteiger partial charge in [-0.25, -0.2) is 4.98 Å². The highest BCUT2D eigenvalue weighted by Crippen LogP contribution is 2.39. The van der Waals surface area contributed by atoms with Crippen molar-refractivity contribution in [2.24, 2.45) is 0 Å². The molecule has 2 aromatic carbocycles. The van der Waals surface area contributed by atoms with Gasteiger partial charge in [0.15, 0.2) is 0 Å². The van der Waals surface area contributed by atoms with Gasteiger partial charge in [-0.3, -0.25) is 4.79 Å². The predicted molar refractivity (Wildman–Crippen MR) is 158 cm³/mol. The number of rotatable bonds is 12. The molecule has 2 heterocycles. The van der Waals surface area contributed by atoms with E-state index in [9.17, 15) is 9.59 Å². The molecule has 0 radical (unpaired) electrons. The van der Waals surface area contributed by atoms with Gasteiger partial charge in [-0.05, 0) is 66.8 Å². The number of carbonyl (C=O) groups excluding carboxylic acids is 2. The smallest absolute Gasteiger partial charge is 0.246 e. The van der Waals surface area contributed by atoms with Crippen molar-refractivity contribution in [1.29, 1.82) is 0 Å². The number of fused-ring (bicyclic) bond motifs is 1. The Hall–Kier alpha value is -4.17. The molecule has 2 aromatic heterocycles. The summed E-state index contributed by atoms with van der Waals surface area (Å²) in [6, 6.07) is 15.5. The molecule has 4 rings (SSSR count). The quantitative estimate of drug-likeness (QED) is 0.123. The van der Waals surface area contributed by atoms with E-state index in [1.807, 2.05) is 49.5 Å². The molecule has 39 heavy (non-hydrogen) atoms. The van der Waals surface area contributed by atoms with Crippen molar-refractivity contribution >= 4 is 45.5 Å². The fourth-order valence-electron chi connectivity index (χ4n) is 4.35. The van der Waals surface area contributed by atoms with E-state index in [1.165, 1.54) is 0 Å². The van der Waals surface area contributed by atoms with Crippen molar-refractivity contribution < 1.29 is 19.1 Å². The Bertz CT molecular complexity index is 1490. The summed E-state index contributed by atoms with van der Waals surface area (Å²) in [7, 11) is 5.26. The molecule has 0 bridgehead atoms. The second-order valence-electron chi connectivity index (χ2n) is 9.16. The maximum absolute atomic E-state index is 13.0. The number of likely N-dealkylation sites (N-methyl/N-ethyl adjacent to an activating group) is 1. The molecule has 4 aromatic rings. The normalized spacial score (nSPS) is 11.1. The van der Waals surface area contributed by atoms with Crippen LogP contribution in [0, 0.1) is 6.92 Å². The van der Waals surface area contributed by atoms with Gasteiger partial charge in [0.2, 0.25) is 5.91 Å². The van der Waals surface area contributed by atoms with E-state index in [-0.39, 0.29) is 5.91 Å². The zero-order valence-electron chi connectivity index (χ0n) is 22.7. The van der Waals surface area contributed by atoms with E-state index in [0.29, 0.717) is 18.7 Å². The Morgan fingerprint density at radius 3 is 2.72 bits per heavy atom. The van der Waals surface area contributed by atoms with Gasteiger partial charge in [0.25, 0.3) is 0 Å². The van der Waals surface area contributed by atoms with Gasteiger partial charge in [0, 0.05) is 55.7 Å². The van der Waals surface area contributed by atoms with Gasteiger partial charge in [-0.2, -0.15) is 0 Å². The number of aldehydes is 1. The number of hydrogen-bond acceptors (Lipinski definition) is 7. The van der Waals surface area contributed by atoms with E-state index < -0.39 is 0 Å². The maximum Gasteiger partial charge on any atom is 0.246 e. The van der Waals surface area contributed by atoms with Crippen LogP contribution in [0.3, 0.4) is 0 Å². The number of carbonyl (C=O) groups is 2. The molecule has 7 nitrogen and oxygen atoms in total. The van der Waals surface area contributed by atoms with E-state index in [4.69, 9.17) is 9.47 Å². The third kappa shape index (κ3) is 6.83. The number of unbranched alkanes of at least 4 members (excludes halogenated alkanes) is 1. The van der Waals surface area contributed by atoms with Gasteiger partial charge in [0.1, 0.15) is 29.4 Å². The summed E-state index contributed by atoms with van der Waals surface area (Å²) in [5.41, 5.74) is 2.97. The molecule has 0 saturated heterocycles. The highest BCUT2D eigenvalue weighted by Gasteiger charge is 2.17. The Morgan fingerprint density at radius 2 is 1.95 bits per heavy atom. The van der Waals surface area contributed by atoms with Crippen molar-refractivity contribution in [2.75, 3.05) is 26.5 Å². The second kappa shape index (κ2) is 13.1. The molecule has 0 unspecified atom stereocenters. The number of anilines is 1. The van der Waals surface area contributed by atoms with Crippen molar-refractivity contribution in [2.45, 2.75) is 32.7 Å². The number of thiophene rings is 1. The Kier molecular flexibility index (Phi) is 9.33. The number of nitrogens with zero attached hydrogens (tertiary/aromatic N) is 2. The molecule has 0 fully saturated rings. The van der Waals surface area contributed by atoms with Crippen LogP contribution in [0.25, 0.3) is 16.2 Å². The van der Waals surface area contributed by atoms with Gasteiger partial charge >= 0.3 is 0 Å². The van der Waals surface area contributed by atoms with Crippen molar-refractivity contribution in [3.8, 4) is 17.2 Å². The lowest BCUT2D eigenvalue weighted by Gasteiger charge is -2.16. The number of hydrogen-bond donors (Lipinski definition) is 1. The standard InChI is InChI=1S/C31H33N3O4S/c1-21-27(26-12-8-13-28(30(26)39-21)38-25-11-7-10-24(18-25)37-4)20-34(3)29(36)15-14-22-17-23(9-5-6-16-35)31(32-2)33-19-22/h7-8,10-19H,5-6,9,20H2,1-4H3,(H,32,33)/b15-14+. The SMILES string of the molecule is CNc1ncc(/C=C/C(=O)N(C)Cc2c(C)sc3c(Oc4cccc(OC)c4)cccc23)cc1CCCC=O. The van der Waals surface area contributed by atoms with E-state index in [0.717, 1.165) is 68.1 Å². The molecule has 1 amide bonds. The van der Waals surface area contributed by atoms with E-state index in [1.54, 1.807) is 48.7 Å². The molecular formula is C31H33N3O4S. The number of pyridine rings is 1. The van der Waals surface area contributed by atoms with Crippen molar-refractivity contribution in [3.05, 3.63) is 82.4 Å². The van der Waals surface area contributed by atoms with Gasteiger partial charge in [0.05, 0.1) is 11.8 Å². The number of amides is 1. The molecule has 202 valence electrons. The average molecular weight is 544 g/mol. The van der Waals surface area contributed by atoms with Gasteiger partial charge in [-0.15, -0.1) is 11.3 Å². The number of aromatic nitrogens is 1. The lowest BCUT2D eigenvalue weighted by Crippen LogP contribution is -2.24. The summed E-state index contributed by atoms with van der Waals surface area (Å²) in [4.78, 5) is 31.0. The van der Waals surface area contributed by atoms with Gasteiger partial charge < -0.3 is 24.5 Å². The summed E-state index contributed by atoms with van der Waals surface area (Å²) in [5, 5.41) is 4.16. The minimum Gasteiger partial charge on any atom is -0.497 e. The summed E-state index contributed by atoms with van der Waals surface area (Å²) in [5.74, 6) is 2.90. The number of benzene rings is 2. The lowest BCUT2D eigenvalue weighted by atomic mass is 10.1. The Labute approximate surface area is 233 Å². The van der Waals surface area contributed by atoms with Crippen LogP contribution in [0.5, 0.6) is 17.2 Å². The first-order chi connectivity index (χ1) is 18.9. The number of methoxy groups -OCH3 is 1. The van der Waals surface area contributed by atoms with Crippen LogP contribution in [0.2, 0.25) is 0 Å². The maximum atomic E-state index is 13.0. The summed E-state index contributed by atoms with van der Waals surface area (Å²) < 4.78 is 12.6. The van der Waals surface area contributed by atoms with Crippen LogP contribution in [0.4, 0.5) is 5.82 Å². The molecule has 0 aliphatic heterocycles. The lowest BCUT2D eigenvalue weighted by molar-refractivity contribution is -0.125.